The first-order valence-corrected chi connectivity index (χ1v) is 13.2. The smallest absolute Gasteiger partial charge is 0.290 e. The summed E-state index contributed by atoms with van der Waals surface area (Å²) in [5.41, 5.74) is 3.92. The number of nitrogens with zero attached hydrogens (tertiary/aromatic N) is 7. The van der Waals surface area contributed by atoms with Crippen LogP contribution in [0.3, 0.4) is 0 Å². The van der Waals surface area contributed by atoms with Gasteiger partial charge in [-0.15, -0.1) is 5.10 Å². The molecule has 6 rings (SSSR count). The summed E-state index contributed by atoms with van der Waals surface area (Å²) in [6, 6.07) is 10.1. The molecule has 38 heavy (non-hydrogen) atoms. The summed E-state index contributed by atoms with van der Waals surface area (Å²) in [5, 5.41) is 34.8. The molecule has 1 aliphatic carbocycles. The van der Waals surface area contributed by atoms with Crippen LogP contribution in [0.2, 0.25) is 0 Å². The Balaban J connectivity index is 0.000000937. The minimum atomic E-state index is -0.250. The van der Waals surface area contributed by atoms with Gasteiger partial charge in [-0.05, 0) is 36.1 Å². The third-order valence-corrected chi connectivity index (χ3v) is 7.93. The van der Waals surface area contributed by atoms with E-state index in [1.165, 1.54) is 0 Å². The highest BCUT2D eigenvalue weighted by Crippen LogP contribution is 2.43. The van der Waals surface area contributed by atoms with Crippen LogP contribution in [-0.4, -0.2) is 79.0 Å². The lowest BCUT2D eigenvalue weighted by Crippen LogP contribution is -2.73. The van der Waals surface area contributed by atoms with Crippen LogP contribution in [0.15, 0.2) is 42.6 Å². The van der Waals surface area contributed by atoms with Crippen molar-refractivity contribution >= 4 is 18.4 Å². The number of hydrogen-bond acceptors (Lipinski definition) is 8. The first-order chi connectivity index (χ1) is 18.4. The molecule has 0 radical (unpaired) electrons. The summed E-state index contributed by atoms with van der Waals surface area (Å²) in [6.07, 6.45) is 8.53. The number of likely N-dealkylation sites (tertiary alicyclic amines) is 1. The van der Waals surface area contributed by atoms with Gasteiger partial charge in [0.15, 0.2) is 5.82 Å². The Morgan fingerprint density at radius 2 is 1.87 bits per heavy atom. The van der Waals surface area contributed by atoms with Gasteiger partial charge >= 0.3 is 0 Å². The molecule has 2 atom stereocenters. The van der Waals surface area contributed by atoms with Gasteiger partial charge in [-0.25, -0.2) is 4.68 Å². The van der Waals surface area contributed by atoms with Crippen molar-refractivity contribution in [2.24, 2.45) is 11.3 Å². The third-order valence-electron chi connectivity index (χ3n) is 7.93. The normalized spacial score (nSPS) is 20.2. The Labute approximate surface area is 222 Å². The second kappa shape index (κ2) is 10.5. The fraction of sp³-hybridized carbons (Fsp3) is 0.464. The lowest BCUT2D eigenvalue weighted by molar-refractivity contribution is -0.122. The molecular weight excluding hydrogens is 482 g/mol. The van der Waals surface area contributed by atoms with Crippen molar-refractivity contribution in [2.45, 2.75) is 45.7 Å². The molecule has 10 heteroatoms. The fourth-order valence-electron chi connectivity index (χ4n) is 6.00. The lowest BCUT2D eigenvalue weighted by Gasteiger charge is -2.62. The zero-order chi connectivity index (χ0) is 26.9. The van der Waals surface area contributed by atoms with Gasteiger partial charge in [0.05, 0.1) is 23.6 Å². The molecule has 2 saturated heterocycles. The van der Waals surface area contributed by atoms with Gasteiger partial charge in [0, 0.05) is 49.6 Å². The number of phenolic OH excluding ortho intramolecular Hbond substituents is 1. The molecule has 1 spiro atoms. The zero-order valence-electron chi connectivity index (χ0n) is 22.1. The van der Waals surface area contributed by atoms with Crippen molar-refractivity contribution in [1.29, 1.82) is 0 Å². The molecule has 2 N–H and O–H groups in total. The molecule has 2 aliphatic heterocycles. The van der Waals surface area contributed by atoms with Crippen molar-refractivity contribution in [3.05, 3.63) is 53.9 Å². The Kier molecular flexibility index (Phi) is 7.16. The van der Waals surface area contributed by atoms with Crippen LogP contribution >= 0.6 is 0 Å². The van der Waals surface area contributed by atoms with Gasteiger partial charge in [-0.3, -0.25) is 9.69 Å². The van der Waals surface area contributed by atoms with Gasteiger partial charge in [0.1, 0.15) is 5.75 Å². The number of fused-ring (bicyclic) bond motifs is 1. The van der Waals surface area contributed by atoms with Crippen molar-refractivity contribution in [3.8, 4) is 17.0 Å². The van der Waals surface area contributed by atoms with Crippen LogP contribution in [0.25, 0.3) is 17.3 Å². The fourth-order valence-corrected chi connectivity index (χ4v) is 6.00. The van der Waals surface area contributed by atoms with Crippen LogP contribution in [0, 0.1) is 11.3 Å². The number of para-hydroxylation sites is 1. The summed E-state index contributed by atoms with van der Waals surface area (Å²) < 4.78 is 2.05. The molecule has 0 amide bonds. The maximum Gasteiger partial charge on any atom is 0.290 e. The van der Waals surface area contributed by atoms with Gasteiger partial charge in [0.25, 0.3) is 6.47 Å². The number of benzene rings is 1. The number of aromatic hydroxyl groups is 1. The van der Waals surface area contributed by atoms with Crippen LogP contribution in [0.5, 0.6) is 5.75 Å². The Morgan fingerprint density at radius 3 is 2.55 bits per heavy atom. The molecule has 1 aromatic carbocycles. The average Bonchev–Trinajstić information content (AvgIpc) is 3.32. The number of anilines is 1. The van der Waals surface area contributed by atoms with Gasteiger partial charge in [-0.1, -0.05) is 50.3 Å². The van der Waals surface area contributed by atoms with E-state index in [0.29, 0.717) is 34.7 Å². The molecule has 2 unspecified atom stereocenters. The summed E-state index contributed by atoms with van der Waals surface area (Å²) in [5.74, 6) is 1.79. The molecule has 0 saturated carbocycles. The number of rotatable bonds is 6. The molecule has 3 aromatic rings. The number of phenols is 1. The summed E-state index contributed by atoms with van der Waals surface area (Å²) >= 11 is 0. The molecular formula is C28H35N7O3. The molecule has 3 aliphatic rings. The highest BCUT2D eigenvalue weighted by Gasteiger charge is 2.53. The lowest BCUT2D eigenvalue weighted by atomic mass is 9.71. The predicted molar refractivity (Wildman–Crippen MR) is 145 cm³/mol. The number of carboxylic acid groups (broad SMARTS) is 1. The van der Waals surface area contributed by atoms with E-state index in [9.17, 15) is 5.11 Å². The summed E-state index contributed by atoms with van der Waals surface area (Å²) in [6.45, 7) is 10.8. The monoisotopic (exact) mass is 517 g/mol. The highest BCUT2D eigenvalue weighted by molar-refractivity contribution is 5.69. The maximum absolute atomic E-state index is 10.1. The Hall–Kier alpha value is -3.79. The highest BCUT2D eigenvalue weighted by atomic mass is 16.3. The topological polar surface area (TPSA) is 121 Å². The van der Waals surface area contributed by atoms with Gasteiger partial charge < -0.3 is 15.1 Å². The minimum absolute atomic E-state index is 0.229. The van der Waals surface area contributed by atoms with E-state index in [1.807, 2.05) is 28.9 Å². The molecule has 2 fully saturated rings. The van der Waals surface area contributed by atoms with Crippen molar-refractivity contribution in [3.63, 3.8) is 0 Å². The van der Waals surface area contributed by atoms with Crippen molar-refractivity contribution in [1.82, 2.24) is 30.1 Å². The zero-order valence-corrected chi connectivity index (χ0v) is 22.1. The van der Waals surface area contributed by atoms with Crippen molar-refractivity contribution < 1.29 is 15.0 Å². The SMILES string of the molecule is CCC(C(C)C)n1cc(N2CC3(C2)CN(C2C=Cc4cc(-c5ccccc5O)nnc4C2)C3)nn1.O=CO. The van der Waals surface area contributed by atoms with Crippen LogP contribution in [0.1, 0.15) is 44.5 Å². The van der Waals surface area contributed by atoms with Gasteiger partial charge in [0.2, 0.25) is 0 Å². The van der Waals surface area contributed by atoms with E-state index < -0.39 is 0 Å². The van der Waals surface area contributed by atoms with E-state index in [-0.39, 0.29) is 12.2 Å². The van der Waals surface area contributed by atoms with E-state index >= 15 is 0 Å². The second-order valence-corrected chi connectivity index (χ2v) is 10.9. The number of carbonyl (C=O) groups is 1. The Bertz CT molecular complexity index is 1310. The van der Waals surface area contributed by atoms with E-state index in [0.717, 1.165) is 56.1 Å². The minimum Gasteiger partial charge on any atom is -0.507 e. The molecule has 200 valence electrons. The van der Waals surface area contributed by atoms with Crippen molar-refractivity contribution in [2.75, 3.05) is 31.1 Å². The molecule has 0 bridgehead atoms. The van der Waals surface area contributed by atoms with E-state index in [1.54, 1.807) is 6.07 Å². The van der Waals surface area contributed by atoms with E-state index in [2.05, 4.69) is 69.4 Å². The molecule has 2 aromatic heterocycles. The largest absolute Gasteiger partial charge is 0.507 e. The quantitative estimate of drug-likeness (QED) is 0.473. The summed E-state index contributed by atoms with van der Waals surface area (Å²) in [7, 11) is 0. The third kappa shape index (κ3) is 4.88. The summed E-state index contributed by atoms with van der Waals surface area (Å²) in [4.78, 5) is 13.3. The maximum atomic E-state index is 10.1. The van der Waals surface area contributed by atoms with Gasteiger partial charge in [-0.2, -0.15) is 10.2 Å². The van der Waals surface area contributed by atoms with Crippen LogP contribution in [-0.2, 0) is 11.2 Å². The van der Waals surface area contributed by atoms with Crippen LogP contribution < -0.4 is 4.90 Å². The standard InChI is InChI=1S/C27H33N7O.CH2O2/c1-4-24(18(2)3)34-13-26(30-31-34)33-16-27(17-33)14-32(15-27)20-10-9-19-11-23(29-28-22(19)12-20)21-7-5-6-8-25(21)35;2-1-3/h5-11,13,18,20,24,35H,4,12,14-17H2,1-3H3;1H,(H,2,3). The molecule has 4 heterocycles. The number of hydrogen-bond donors (Lipinski definition) is 2. The second-order valence-electron chi connectivity index (χ2n) is 10.9. The Morgan fingerprint density at radius 1 is 1.13 bits per heavy atom. The van der Waals surface area contributed by atoms with Crippen LogP contribution in [0.4, 0.5) is 5.82 Å². The molecule has 10 nitrogen and oxygen atoms in total. The van der Waals surface area contributed by atoms with E-state index in [4.69, 9.17) is 9.90 Å². The first-order valence-electron chi connectivity index (χ1n) is 13.2. The first kappa shape index (κ1) is 25.8. The number of aromatic nitrogens is 5. The average molecular weight is 518 g/mol. The predicted octanol–water partition coefficient (Wildman–Crippen LogP) is 3.51.